The highest BCUT2D eigenvalue weighted by atomic mass is 35.5. The SMILES string of the molecule is Clc1cc(Cl)cc(-c2cc(CN3CCC(c4ccccc4)CC3)cc(CN3CCC(c4ccccc4)CC3)c2)c1. The van der Waals surface area contributed by atoms with Crippen LogP contribution >= 0.6 is 23.2 Å². The van der Waals surface area contributed by atoms with E-state index < -0.39 is 0 Å². The molecule has 6 rings (SSSR count). The summed E-state index contributed by atoms with van der Waals surface area (Å²) in [5, 5.41) is 1.36. The first kappa shape index (κ1) is 27.5. The molecule has 2 nitrogen and oxygen atoms in total. The number of nitrogens with zero attached hydrogens (tertiary/aromatic N) is 2. The third-order valence-electron chi connectivity index (χ3n) is 8.78. The van der Waals surface area contributed by atoms with Crippen molar-refractivity contribution in [3.05, 3.63) is 129 Å². The van der Waals surface area contributed by atoms with Gasteiger partial charge in [-0.1, -0.05) is 89.9 Å². The molecule has 2 heterocycles. The van der Waals surface area contributed by atoms with Crippen LogP contribution in [0.5, 0.6) is 0 Å². The zero-order valence-electron chi connectivity index (χ0n) is 23.1. The van der Waals surface area contributed by atoms with Gasteiger partial charge in [0, 0.05) is 23.1 Å². The van der Waals surface area contributed by atoms with Crippen molar-refractivity contribution in [1.29, 1.82) is 0 Å². The average molecular weight is 570 g/mol. The summed E-state index contributed by atoms with van der Waals surface area (Å²) in [6.07, 6.45) is 4.88. The van der Waals surface area contributed by atoms with E-state index in [0.29, 0.717) is 21.9 Å². The Hall–Kier alpha value is -2.62. The number of halogens is 2. The molecule has 0 radical (unpaired) electrons. The molecule has 4 heteroatoms. The molecule has 4 aromatic carbocycles. The first-order chi connectivity index (χ1) is 19.6. The van der Waals surface area contributed by atoms with Gasteiger partial charge in [0.25, 0.3) is 0 Å². The second-order valence-electron chi connectivity index (χ2n) is 11.6. The Bertz CT molecular complexity index is 1290. The molecule has 2 saturated heterocycles. The van der Waals surface area contributed by atoms with Crippen LogP contribution in [-0.4, -0.2) is 36.0 Å². The first-order valence-corrected chi connectivity index (χ1v) is 15.5. The van der Waals surface area contributed by atoms with Gasteiger partial charge in [0.05, 0.1) is 0 Å². The van der Waals surface area contributed by atoms with Gasteiger partial charge in [-0.15, -0.1) is 0 Å². The van der Waals surface area contributed by atoms with E-state index in [0.717, 1.165) is 44.8 Å². The van der Waals surface area contributed by atoms with Gasteiger partial charge in [0.2, 0.25) is 0 Å². The lowest BCUT2D eigenvalue weighted by molar-refractivity contribution is 0.201. The average Bonchev–Trinajstić information content (AvgIpc) is 2.98. The highest BCUT2D eigenvalue weighted by Crippen LogP contribution is 2.33. The summed E-state index contributed by atoms with van der Waals surface area (Å²) in [6, 6.07) is 35.0. The van der Waals surface area contributed by atoms with E-state index in [1.54, 1.807) is 0 Å². The summed E-state index contributed by atoms with van der Waals surface area (Å²) in [5.74, 6) is 1.35. The Morgan fingerprint density at radius 2 is 0.900 bits per heavy atom. The number of benzene rings is 4. The van der Waals surface area contributed by atoms with Crippen LogP contribution < -0.4 is 0 Å². The summed E-state index contributed by atoms with van der Waals surface area (Å²) >= 11 is 12.8. The van der Waals surface area contributed by atoms with Gasteiger partial charge in [-0.2, -0.15) is 0 Å². The minimum atomic E-state index is 0.673. The lowest BCUT2D eigenvalue weighted by Gasteiger charge is -2.33. The molecule has 0 atom stereocenters. The number of hydrogen-bond acceptors (Lipinski definition) is 2. The Morgan fingerprint density at radius 3 is 1.32 bits per heavy atom. The van der Waals surface area contributed by atoms with Gasteiger partial charge < -0.3 is 0 Å². The molecule has 2 aliphatic rings. The zero-order chi connectivity index (χ0) is 27.3. The fourth-order valence-corrected chi connectivity index (χ4v) is 7.17. The fraction of sp³-hybridized carbons (Fsp3) is 0.333. The summed E-state index contributed by atoms with van der Waals surface area (Å²) in [5.41, 5.74) is 8.02. The number of likely N-dealkylation sites (tertiary alicyclic amines) is 2. The van der Waals surface area contributed by atoms with Gasteiger partial charge in [-0.25, -0.2) is 0 Å². The Kier molecular flexibility index (Phi) is 8.89. The van der Waals surface area contributed by atoms with Gasteiger partial charge in [0.15, 0.2) is 0 Å². The molecule has 4 aromatic rings. The Morgan fingerprint density at radius 1 is 0.500 bits per heavy atom. The van der Waals surface area contributed by atoms with E-state index >= 15 is 0 Å². The van der Waals surface area contributed by atoms with Crippen molar-refractivity contribution in [1.82, 2.24) is 9.80 Å². The Labute approximate surface area is 249 Å². The van der Waals surface area contributed by atoms with E-state index in [1.807, 2.05) is 18.2 Å². The minimum Gasteiger partial charge on any atom is -0.299 e. The monoisotopic (exact) mass is 568 g/mol. The lowest BCUT2D eigenvalue weighted by atomic mass is 9.89. The van der Waals surface area contributed by atoms with Crippen molar-refractivity contribution in [2.24, 2.45) is 0 Å². The van der Waals surface area contributed by atoms with Gasteiger partial charge in [0.1, 0.15) is 0 Å². The number of rotatable bonds is 7. The molecule has 2 fully saturated rings. The van der Waals surface area contributed by atoms with Crippen molar-refractivity contribution >= 4 is 23.2 Å². The van der Waals surface area contributed by atoms with E-state index in [4.69, 9.17) is 23.2 Å². The van der Waals surface area contributed by atoms with E-state index in [-0.39, 0.29) is 0 Å². The molecule has 0 unspecified atom stereocenters. The fourth-order valence-electron chi connectivity index (χ4n) is 6.65. The summed E-state index contributed by atoms with van der Waals surface area (Å²) < 4.78 is 0. The van der Waals surface area contributed by atoms with Crippen LogP contribution in [0.1, 0.15) is 59.8 Å². The van der Waals surface area contributed by atoms with Crippen LogP contribution in [0, 0.1) is 0 Å². The molecule has 0 bridgehead atoms. The van der Waals surface area contributed by atoms with Crippen molar-refractivity contribution in [3.63, 3.8) is 0 Å². The van der Waals surface area contributed by atoms with Crippen LogP contribution in [0.15, 0.2) is 97.1 Å². The van der Waals surface area contributed by atoms with Crippen LogP contribution in [-0.2, 0) is 13.1 Å². The van der Waals surface area contributed by atoms with Gasteiger partial charge in [-0.05, 0) is 127 Å². The molecule has 0 amide bonds. The second kappa shape index (κ2) is 12.9. The summed E-state index contributed by atoms with van der Waals surface area (Å²) in [7, 11) is 0. The molecule has 2 aliphatic heterocycles. The molecule has 0 N–H and O–H groups in total. The maximum atomic E-state index is 6.42. The van der Waals surface area contributed by atoms with Crippen LogP contribution in [0.25, 0.3) is 11.1 Å². The van der Waals surface area contributed by atoms with E-state index in [1.165, 1.54) is 53.5 Å². The van der Waals surface area contributed by atoms with Crippen molar-refractivity contribution < 1.29 is 0 Å². The Balaban J connectivity index is 1.17. The van der Waals surface area contributed by atoms with Gasteiger partial charge in [-0.3, -0.25) is 9.80 Å². The largest absolute Gasteiger partial charge is 0.299 e. The predicted octanol–water partition coefficient (Wildman–Crippen LogP) is 9.42. The molecule has 40 heavy (non-hydrogen) atoms. The predicted molar refractivity (Wildman–Crippen MR) is 169 cm³/mol. The standard InChI is InChI=1S/C36H38Cl2N2/c37-35-22-34(23-36(38)24-35)33-20-27(25-39-15-11-31(12-16-39)29-7-3-1-4-8-29)19-28(21-33)26-40-17-13-32(14-18-40)30-9-5-2-6-10-30/h1-10,19-24,31-32H,11-18,25-26H2. The van der Waals surface area contributed by atoms with E-state index in [2.05, 4.69) is 88.7 Å². The van der Waals surface area contributed by atoms with Crippen molar-refractivity contribution in [2.75, 3.05) is 26.2 Å². The quantitative estimate of drug-likeness (QED) is 0.219. The highest BCUT2D eigenvalue weighted by Gasteiger charge is 2.23. The zero-order valence-corrected chi connectivity index (χ0v) is 24.6. The summed E-state index contributed by atoms with van der Waals surface area (Å²) in [6.45, 7) is 6.49. The normalized spacial score (nSPS) is 17.8. The number of hydrogen-bond donors (Lipinski definition) is 0. The highest BCUT2D eigenvalue weighted by molar-refractivity contribution is 6.35. The van der Waals surface area contributed by atoms with Crippen molar-refractivity contribution in [3.8, 4) is 11.1 Å². The van der Waals surface area contributed by atoms with Crippen molar-refractivity contribution in [2.45, 2.75) is 50.6 Å². The lowest BCUT2D eigenvalue weighted by Crippen LogP contribution is -2.33. The van der Waals surface area contributed by atoms with E-state index in [9.17, 15) is 0 Å². The van der Waals surface area contributed by atoms with Crippen LogP contribution in [0.3, 0.4) is 0 Å². The molecule has 0 aliphatic carbocycles. The summed E-state index contributed by atoms with van der Waals surface area (Å²) in [4.78, 5) is 5.25. The van der Waals surface area contributed by atoms with Crippen LogP contribution in [0.2, 0.25) is 10.0 Å². The van der Waals surface area contributed by atoms with Gasteiger partial charge >= 0.3 is 0 Å². The first-order valence-electron chi connectivity index (χ1n) is 14.7. The third kappa shape index (κ3) is 6.98. The second-order valence-corrected chi connectivity index (χ2v) is 12.5. The molecular weight excluding hydrogens is 531 g/mol. The third-order valence-corrected chi connectivity index (χ3v) is 9.21. The maximum Gasteiger partial charge on any atom is 0.0426 e. The molecule has 0 spiro atoms. The topological polar surface area (TPSA) is 6.48 Å². The molecular formula is C36H38Cl2N2. The smallest absolute Gasteiger partial charge is 0.0426 e. The molecule has 0 saturated carbocycles. The maximum absolute atomic E-state index is 6.42. The molecule has 206 valence electrons. The number of piperidine rings is 2. The minimum absolute atomic E-state index is 0.673. The van der Waals surface area contributed by atoms with Crippen LogP contribution in [0.4, 0.5) is 0 Å². The molecule has 0 aromatic heterocycles.